The third-order valence-corrected chi connectivity index (χ3v) is 4.12. The van der Waals surface area contributed by atoms with E-state index in [0.717, 1.165) is 16.3 Å². The van der Waals surface area contributed by atoms with Crippen molar-refractivity contribution in [1.82, 2.24) is 14.9 Å². The Morgan fingerprint density at radius 3 is 2.58 bits per heavy atom. The molecule has 0 fully saturated rings. The van der Waals surface area contributed by atoms with Crippen LogP contribution in [0.2, 0.25) is 0 Å². The highest BCUT2D eigenvalue weighted by molar-refractivity contribution is 7.11. The summed E-state index contributed by atoms with van der Waals surface area (Å²) >= 11 is 1.67. The lowest BCUT2D eigenvalue weighted by Gasteiger charge is -2.20. The van der Waals surface area contributed by atoms with Crippen molar-refractivity contribution >= 4 is 17.7 Å². The summed E-state index contributed by atoms with van der Waals surface area (Å²) in [5.41, 5.74) is 0.0607. The third-order valence-electron chi connectivity index (χ3n) is 2.72. The molecule has 0 saturated heterocycles. The summed E-state index contributed by atoms with van der Waals surface area (Å²) in [6.07, 6.45) is 2.74. The van der Waals surface area contributed by atoms with E-state index in [1.54, 1.807) is 28.4 Å². The summed E-state index contributed by atoms with van der Waals surface area (Å²) < 4.78 is 0. The van der Waals surface area contributed by atoms with Gasteiger partial charge in [0.05, 0.1) is 18.7 Å². The minimum atomic E-state index is 0.0607. The highest BCUT2D eigenvalue weighted by atomic mass is 32.1. The van der Waals surface area contributed by atoms with Crippen LogP contribution in [0, 0.1) is 0 Å². The van der Waals surface area contributed by atoms with E-state index in [0.29, 0.717) is 19.6 Å². The van der Waals surface area contributed by atoms with Crippen molar-refractivity contribution in [3.63, 3.8) is 0 Å². The monoisotopic (exact) mass is 285 g/mol. The number of rotatable bonds is 7. The lowest BCUT2D eigenvalue weighted by atomic mass is 9.98. The first-order valence-electron chi connectivity index (χ1n) is 6.26. The summed E-state index contributed by atoms with van der Waals surface area (Å²) in [6.45, 7) is 8.34. The van der Waals surface area contributed by atoms with Gasteiger partial charge in [-0.25, -0.2) is 4.98 Å². The molecule has 1 heterocycles. The van der Waals surface area contributed by atoms with Crippen LogP contribution in [0.25, 0.3) is 0 Å². The molecule has 1 rings (SSSR count). The zero-order valence-corrected chi connectivity index (χ0v) is 13.2. The lowest BCUT2D eigenvalue weighted by Crippen LogP contribution is -2.31. The van der Waals surface area contributed by atoms with Gasteiger partial charge in [-0.15, -0.1) is 11.3 Å². The van der Waals surface area contributed by atoms with Gasteiger partial charge in [-0.3, -0.25) is 4.79 Å². The van der Waals surface area contributed by atoms with Crippen LogP contribution in [0.1, 0.15) is 30.7 Å². The van der Waals surface area contributed by atoms with E-state index in [4.69, 9.17) is 4.84 Å². The summed E-state index contributed by atoms with van der Waals surface area (Å²) in [5.74, 6) is 0. The molecule has 19 heavy (non-hydrogen) atoms. The fourth-order valence-corrected chi connectivity index (χ4v) is 2.45. The van der Waals surface area contributed by atoms with Crippen LogP contribution in [-0.2, 0) is 21.6 Å². The van der Waals surface area contributed by atoms with Crippen LogP contribution in [-0.4, -0.2) is 48.6 Å². The Morgan fingerprint density at radius 1 is 1.42 bits per heavy atom. The van der Waals surface area contributed by atoms with Gasteiger partial charge in [-0.2, -0.15) is 5.06 Å². The first-order valence-corrected chi connectivity index (χ1v) is 7.08. The Labute approximate surface area is 119 Å². The first kappa shape index (κ1) is 16.1. The molecule has 6 heteroatoms. The van der Waals surface area contributed by atoms with Gasteiger partial charge in [-0.1, -0.05) is 20.8 Å². The number of nitrogens with zero attached hydrogens (tertiary/aromatic N) is 3. The molecular formula is C13H23N3O2S. The highest BCUT2D eigenvalue weighted by Gasteiger charge is 2.18. The molecular weight excluding hydrogens is 262 g/mol. The van der Waals surface area contributed by atoms with E-state index >= 15 is 0 Å². The molecule has 0 spiro atoms. The fourth-order valence-electron chi connectivity index (χ4n) is 1.46. The van der Waals surface area contributed by atoms with Gasteiger partial charge in [-0.05, 0) is 0 Å². The number of hydrogen-bond acceptors (Lipinski definition) is 5. The molecule has 5 nitrogen and oxygen atoms in total. The van der Waals surface area contributed by atoms with Crippen molar-refractivity contribution in [2.75, 3.05) is 27.2 Å². The predicted molar refractivity (Wildman–Crippen MR) is 76.9 cm³/mol. The average molecular weight is 285 g/mol. The second kappa shape index (κ2) is 6.98. The number of amides is 1. The van der Waals surface area contributed by atoms with Gasteiger partial charge in [0.1, 0.15) is 0 Å². The van der Waals surface area contributed by atoms with E-state index in [9.17, 15) is 4.79 Å². The van der Waals surface area contributed by atoms with E-state index < -0.39 is 0 Å². The van der Waals surface area contributed by atoms with E-state index in [1.165, 1.54) is 0 Å². The number of likely N-dealkylation sites (N-methyl/N-ethyl adjacent to an activating group) is 1. The minimum Gasteiger partial charge on any atom is -0.339 e. The molecule has 0 radical (unpaired) electrons. The van der Waals surface area contributed by atoms with Crippen molar-refractivity contribution in [2.24, 2.45) is 0 Å². The van der Waals surface area contributed by atoms with Crippen molar-refractivity contribution in [1.29, 1.82) is 0 Å². The Balaban J connectivity index is 2.56. The van der Waals surface area contributed by atoms with E-state index in [2.05, 4.69) is 25.8 Å². The number of carbonyl (C=O) groups excluding carboxylic acids is 1. The number of thiazole rings is 1. The van der Waals surface area contributed by atoms with Crippen LogP contribution in [0.5, 0.6) is 0 Å². The number of carbonyl (C=O) groups is 1. The van der Waals surface area contributed by atoms with Crippen molar-refractivity contribution in [2.45, 2.75) is 32.7 Å². The largest absolute Gasteiger partial charge is 0.339 e. The third kappa shape index (κ3) is 5.26. The smallest absolute Gasteiger partial charge is 0.210 e. The maximum atomic E-state index is 11.1. The van der Waals surface area contributed by atoms with Gasteiger partial charge in [0.25, 0.3) is 0 Å². The molecule has 1 amide bonds. The summed E-state index contributed by atoms with van der Waals surface area (Å²) in [7, 11) is 3.46. The van der Waals surface area contributed by atoms with Crippen LogP contribution in [0.15, 0.2) is 6.20 Å². The molecule has 1 aromatic rings. The molecule has 0 saturated carbocycles. The molecule has 0 aliphatic heterocycles. The number of aromatic nitrogens is 1. The van der Waals surface area contributed by atoms with E-state index in [-0.39, 0.29) is 5.41 Å². The van der Waals surface area contributed by atoms with Crippen LogP contribution in [0.3, 0.4) is 0 Å². The molecule has 0 unspecified atom stereocenters. The van der Waals surface area contributed by atoms with Crippen LogP contribution in [0.4, 0.5) is 0 Å². The lowest BCUT2D eigenvalue weighted by molar-refractivity contribution is -0.126. The van der Waals surface area contributed by atoms with Gasteiger partial charge in [0, 0.05) is 36.6 Å². The minimum absolute atomic E-state index is 0.0607. The van der Waals surface area contributed by atoms with Crippen molar-refractivity contribution in [3.8, 4) is 0 Å². The van der Waals surface area contributed by atoms with Gasteiger partial charge in [0.15, 0.2) is 0 Å². The topological polar surface area (TPSA) is 45.7 Å². The maximum absolute atomic E-state index is 11.1. The molecule has 0 aliphatic carbocycles. The second-order valence-corrected chi connectivity index (χ2v) is 6.61. The molecule has 1 aromatic heterocycles. The van der Waals surface area contributed by atoms with Crippen LogP contribution >= 0.6 is 11.3 Å². The number of hydrogen-bond donors (Lipinski definition) is 0. The fraction of sp³-hybridized carbons (Fsp3) is 0.692. The van der Waals surface area contributed by atoms with Gasteiger partial charge >= 0.3 is 0 Å². The summed E-state index contributed by atoms with van der Waals surface area (Å²) in [5, 5.41) is 2.80. The van der Waals surface area contributed by atoms with Crippen LogP contribution < -0.4 is 0 Å². The van der Waals surface area contributed by atoms with Crippen molar-refractivity contribution < 1.29 is 9.63 Å². The molecule has 0 aromatic carbocycles. The first-order chi connectivity index (χ1) is 8.86. The molecule has 0 N–H and O–H groups in total. The standard InChI is InChI=1S/C13H23N3O2S/c1-13(2,3)12-14-8-11(19-12)9-16(10-17)7-6-15(4)18-5/h8,10H,6-7,9H2,1-5H3. The molecule has 0 bridgehead atoms. The van der Waals surface area contributed by atoms with Crippen molar-refractivity contribution in [3.05, 3.63) is 16.1 Å². The zero-order valence-electron chi connectivity index (χ0n) is 12.3. The quantitative estimate of drug-likeness (QED) is 0.567. The van der Waals surface area contributed by atoms with Gasteiger partial charge < -0.3 is 9.74 Å². The Morgan fingerprint density at radius 2 is 2.11 bits per heavy atom. The predicted octanol–water partition coefficient (Wildman–Crippen LogP) is 1.89. The second-order valence-electron chi connectivity index (χ2n) is 5.49. The highest BCUT2D eigenvalue weighted by Crippen LogP contribution is 2.27. The maximum Gasteiger partial charge on any atom is 0.210 e. The Hall–Kier alpha value is -0.980. The number of hydroxylamine groups is 2. The summed E-state index contributed by atoms with van der Waals surface area (Å²) in [4.78, 5) is 23.4. The van der Waals surface area contributed by atoms with E-state index in [1.807, 2.05) is 13.2 Å². The normalized spacial score (nSPS) is 11.9. The zero-order chi connectivity index (χ0) is 14.5. The molecule has 108 valence electrons. The SMILES string of the molecule is CON(C)CCN(C=O)Cc1cnc(C(C)(C)C)s1. The Kier molecular flexibility index (Phi) is 5.90. The summed E-state index contributed by atoms with van der Waals surface area (Å²) in [6, 6.07) is 0. The molecule has 0 atom stereocenters. The molecule has 0 aliphatic rings. The Bertz CT molecular complexity index is 401. The average Bonchev–Trinajstić information content (AvgIpc) is 2.82. The van der Waals surface area contributed by atoms with Gasteiger partial charge in [0.2, 0.25) is 6.41 Å².